The highest BCUT2D eigenvalue weighted by molar-refractivity contribution is 7.89. The molecule has 0 aliphatic heterocycles. The van der Waals surface area contributed by atoms with Crippen LogP contribution in [0.25, 0.3) is 10.9 Å². The first-order chi connectivity index (χ1) is 13.9. The molecule has 2 heterocycles. The van der Waals surface area contributed by atoms with Gasteiger partial charge in [-0.2, -0.15) is 10.1 Å². The van der Waals surface area contributed by atoms with E-state index in [4.69, 9.17) is 0 Å². The lowest BCUT2D eigenvalue weighted by molar-refractivity contribution is 0.601. The van der Waals surface area contributed by atoms with Crippen molar-refractivity contribution in [3.8, 4) is 0 Å². The number of nitrogens with one attached hydrogen (secondary N) is 3. The van der Waals surface area contributed by atoms with Crippen molar-refractivity contribution in [3.05, 3.63) is 60.0 Å². The third kappa shape index (κ3) is 5.22. The fraction of sp³-hybridized carbons (Fsp3) is 0.158. The van der Waals surface area contributed by atoms with Crippen molar-refractivity contribution >= 4 is 56.4 Å². The number of nitrogens with zero attached hydrogens (tertiary/aromatic N) is 4. The number of anilines is 4. The van der Waals surface area contributed by atoms with Crippen molar-refractivity contribution in [2.24, 2.45) is 0 Å². The molecule has 0 spiro atoms. The van der Waals surface area contributed by atoms with E-state index >= 15 is 0 Å². The SMILES string of the molecule is Cc1[nH]nc2cc(Nc3ncnc(Nc4cccc(CS(C)(=O)=O)c4)n3)ccc12.Cl. The van der Waals surface area contributed by atoms with Crippen LogP contribution < -0.4 is 10.6 Å². The number of hydrogen-bond acceptors (Lipinski definition) is 8. The van der Waals surface area contributed by atoms with Gasteiger partial charge in [0.25, 0.3) is 0 Å². The molecular formula is C19H20ClN7O2S. The summed E-state index contributed by atoms with van der Waals surface area (Å²) in [4.78, 5) is 12.6. The smallest absolute Gasteiger partial charge is 0.232 e. The van der Waals surface area contributed by atoms with E-state index in [1.807, 2.05) is 31.2 Å². The summed E-state index contributed by atoms with van der Waals surface area (Å²) in [5.74, 6) is 0.693. The highest BCUT2D eigenvalue weighted by Crippen LogP contribution is 2.22. The van der Waals surface area contributed by atoms with E-state index in [0.29, 0.717) is 23.1 Å². The fourth-order valence-corrected chi connectivity index (χ4v) is 3.72. The molecule has 0 aliphatic rings. The van der Waals surface area contributed by atoms with E-state index in [1.165, 1.54) is 12.6 Å². The van der Waals surface area contributed by atoms with E-state index in [2.05, 4.69) is 35.8 Å². The average Bonchev–Trinajstić information content (AvgIpc) is 3.01. The summed E-state index contributed by atoms with van der Waals surface area (Å²) >= 11 is 0. The van der Waals surface area contributed by atoms with Gasteiger partial charge in [0.15, 0.2) is 9.84 Å². The summed E-state index contributed by atoms with van der Waals surface area (Å²) in [6.45, 7) is 1.97. The lowest BCUT2D eigenvalue weighted by Crippen LogP contribution is -2.04. The van der Waals surface area contributed by atoms with E-state index in [9.17, 15) is 8.42 Å². The highest BCUT2D eigenvalue weighted by Gasteiger charge is 2.08. The topological polar surface area (TPSA) is 126 Å². The number of fused-ring (bicyclic) bond motifs is 1. The van der Waals surface area contributed by atoms with E-state index in [1.54, 1.807) is 18.2 Å². The lowest BCUT2D eigenvalue weighted by atomic mass is 10.2. The normalized spacial score (nSPS) is 11.1. The zero-order chi connectivity index (χ0) is 20.4. The van der Waals surface area contributed by atoms with Gasteiger partial charge in [-0.3, -0.25) is 5.10 Å². The second kappa shape index (κ2) is 8.64. The Morgan fingerprint density at radius 3 is 2.40 bits per heavy atom. The molecular weight excluding hydrogens is 426 g/mol. The van der Waals surface area contributed by atoms with Crippen molar-refractivity contribution in [2.45, 2.75) is 12.7 Å². The van der Waals surface area contributed by atoms with Crippen LogP contribution in [0.3, 0.4) is 0 Å². The number of aromatic amines is 1. The molecule has 0 radical (unpaired) electrons. The lowest BCUT2D eigenvalue weighted by Gasteiger charge is -2.09. The number of aryl methyl sites for hydroxylation is 1. The van der Waals surface area contributed by atoms with Crippen molar-refractivity contribution in [1.82, 2.24) is 25.1 Å². The molecule has 3 N–H and O–H groups in total. The molecule has 2 aromatic heterocycles. The van der Waals surface area contributed by atoms with E-state index < -0.39 is 9.84 Å². The number of hydrogen-bond donors (Lipinski definition) is 3. The van der Waals surface area contributed by atoms with Crippen LogP contribution in [-0.4, -0.2) is 39.8 Å². The molecule has 0 fully saturated rings. The molecule has 156 valence electrons. The summed E-state index contributed by atoms with van der Waals surface area (Å²) in [5, 5.41) is 14.5. The zero-order valence-corrected chi connectivity index (χ0v) is 17.9. The molecule has 0 aliphatic carbocycles. The Morgan fingerprint density at radius 1 is 1.00 bits per heavy atom. The summed E-state index contributed by atoms with van der Waals surface area (Å²) in [5.41, 5.74) is 4.04. The summed E-state index contributed by atoms with van der Waals surface area (Å²) < 4.78 is 23.0. The van der Waals surface area contributed by atoms with Gasteiger partial charge in [-0.25, -0.2) is 18.4 Å². The molecule has 2 aromatic carbocycles. The van der Waals surface area contributed by atoms with Crippen LogP contribution in [0.1, 0.15) is 11.3 Å². The second-order valence-corrected chi connectivity index (χ2v) is 8.87. The van der Waals surface area contributed by atoms with Crippen molar-refractivity contribution in [2.75, 3.05) is 16.9 Å². The quantitative estimate of drug-likeness (QED) is 0.411. The highest BCUT2D eigenvalue weighted by atomic mass is 35.5. The predicted molar refractivity (Wildman–Crippen MR) is 119 cm³/mol. The number of sulfone groups is 1. The van der Waals surface area contributed by atoms with Gasteiger partial charge in [-0.1, -0.05) is 12.1 Å². The minimum Gasteiger partial charge on any atom is -0.324 e. The predicted octanol–water partition coefficient (Wildman–Crippen LogP) is 3.51. The Kier molecular flexibility index (Phi) is 6.18. The van der Waals surface area contributed by atoms with Gasteiger partial charge in [0.05, 0.1) is 11.3 Å². The van der Waals surface area contributed by atoms with Crippen molar-refractivity contribution < 1.29 is 8.42 Å². The van der Waals surface area contributed by atoms with Gasteiger partial charge in [0.1, 0.15) is 6.33 Å². The van der Waals surface area contributed by atoms with Crippen LogP contribution in [0.4, 0.5) is 23.3 Å². The molecule has 30 heavy (non-hydrogen) atoms. The largest absolute Gasteiger partial charge is 0.324 e. The molecule has 0 saturated carbocycles. The fourth-order valence-electron chi connectivity index (χ4n) is 2.94. The summed E-state index contributed by atoms with van der Waals surface area (Å²) in [6, 6.07) is 12.9. The number of halogens is 1. The van der Waals surface area contributed by atoms with Crippen LogP contribution in [0.15, 0.2) is 48.8 Å². The third-order valence-corrected chi connectivity index (χ3v) is 5.04. The molecule has 11 heteroatoms. The van der Waals surface area contributed by atoms with Crippen LogP contribution in [0.2, 0.25) is 0 Å². The van der Waals surface area contributed by atoms with E-state index in [0.717, 1.165) is 22.3 Å². The first-order valence-corrected chi connectivity index (χ1v) is 10.9. The van der Waals surface area contributed by atoms with Gasteiger partial charge < -0.3 is 10.6 Å². The van der Waals surface area contributed by atoms with Crippen LogP contribution in [-0.2, 0) is 15.6 Å². The minimum atomic E-state index is -3.11. The molecule has 0 atom stereocenters. The van der Waals surface area contributed by atoms with Gasteiger partial charge in [0, 0.05) is 28.7 Å². The Morgan fingerprint density at radius 2 is 1.70 bits per heavy atom. The van der Waals surface area contributed by atoms with Crippen LogP contribution in [0.5, 0.6) is 0 Å². The van der Waals surface area contributed by atoms with Gasteiger partial charge in [0.2, 0.25) is 11.9 Å². The number of benzene rings is 2. The van der Waals surface area contributed by atoms with E-state index in [-0.39, 0.29) is 18.2 Å². The first kappa shape index (κ1) is 21.5. The van der Waals surface area contributed by atoms with Gasteiger partial charge in [-0.15, -0.1) is 12.4 Å². The zero-order valence-electron chi connectivity index (χ0n) is 16.2. The molecule has 4 rings (SSSR count). The Bertz CT molecular complexity index is 1290. The Labute approximate surface area is 179 Å². The van der Waals surface area contributed by atoms with Gasteiger partial charge >= 0.3 is 0 Å². The van der Waals surface area contributed by atoms with Crippen molar-refractivity contribution in [1.29, 1.82) is 0 Å². The number of rotatable bonds is 6. The summed E-state index contributed by atoms with van der Waals surface area (Å²) in [7, 11) is -3.11. The van der Waals surface area contributed by atoms with Crippen LogP contribution >= 0.6 is 12.4 Å². The first-order valence-electron chi connectivity index (χ1n) is 8.80. The molecule has 4 aromatic rings. The van der Waals surface area contributed by atoms with Crippen molar-refractivity contribution in [3.63, 3.8) is 0 Å². The second-order valence-electron chi connectivity index (χ2n) is 6.73. The molecule has 0 saturated heterocycles. The Balaban J connectivity index is 0.00000256. The maximum absolute atomic E-state index is 11.5. The average molecular weight is 446 g/mol. The monoisotopic (exact) mass is 445 g/mol. The maximum atomic E-state index is 11.5. The standard InChI is InChI=1S/C19H19N7O2S.ClH/c1-12-16-7-6-15(9-17(16)26-25-12)23-19-21-11-20-18(24-19)22-14-5-3-4-13(8-14)10-29(2,27)28;/h3-9,11H,10H2,1-2H3,(H,25,26)(H2,20,21,22,23,24);1H. The maximum Gasteiger partial charge on any atom is 0.232 e. The molecule has 9 nitrogen and oxygen atoms in total. The van der Waals surface area contributed by atoms with Gasteiger partial charge in [-0.05, 0) is 42.8 Å². The number of H-pyrrole nitrogens is 1. The minimum absolute atomic E-state index is 0. The molecule has 0 bridgehead atoms. The Hall–Kier alpha value is -3.24. The molecule has 0 unspecified atom stereocenters. The number of aromatic nitrogens is 5. The van der Waals surface area contributed by atoms with Crippen LogP contribution in [0, 0.1) is 6.92 Å². The third-order valence-electron chi connectivity index (χ3n) is 4.19. The summed E-state index contributed by atoms with van der Waals surface area (Å²) in [6.07, 6.45) is 2.61. The molecule has 0 amide bonds.